The summed E-state index contributed by atoms with van der Waals surface area (Å²) in [5.41, 5.74) is 1.24. The van der Waals surface area contributed by atoms with Gasteiger partial charge in [0.2, 0.25) is 0 Å². The van der Waals surface area contributed by atoms with Crippen LogP contribution in [-0.4, -0.2) is 25.0 Å². The first kappa shape index (κ1) is 25.8. The van der Waals surface area contributed by atoms with Gasteiger partial charge >= 0.3 is 0 Å². The van der Waals surface area contributed by atoms with Gasteiger partial charge < -0.3 is 10.6 Å². The minimum absolute atomic E-state index is 0. The lowest BCUT2D eigenvalue weighted by molar-refractivity contribution is 0.600. The van der Waals surface area contributed by atoms with E-state index in [1.54, 1.807) is 0 Å². The van der Waals surface area contributed by atoms with E-state index in [1.807, 2.05) is 18.2 Å². The highest BCUT2D eigenvalue weighted by molar-refractivity contribution is 5.95. The van der Waals surface area contributed by atoms with E-state index in [9.17, 15) is 0 Å². The number of halogens is 2. The predicted molar refractivity (Wildman–Crippen MR) is 113 cm³/mol. The highest BCUT2D eigenvalue weighted by Crippen LogP contribution is 2.03. The Balaban J connectivity index is 0. The van der Waals surface area contributed by atoms with Gasteiger partial charge in [-0.05, 0) is 18.4 Å². The molecule has 1 rings (SSSR count). The summed E-state index contributed by atoms with van der Waals surface area (Å²) in [5.74, 6) is 0.358. The van der Waals surface area contributed by atoms with Crippen molar-refractivity contribution in [3.63, 3.8) is 0 Å². The maximum Gasteiger partial charge on any atom is 0.195 e. The van der Waals surface area contributed by atoms with Gasteiger partial charge in [-0.25, -0.2) is 0 Å². The fourth-order valence-corrected chi connectivity index (χ4v) is 2.31. The lowest BCUT2D eigenvalue weighted by Gasteiger charge is -2.12. The molecule has 0 heterocycles. The number of rotatable bonds is 10. The third-order valence-corrected chi connectivity index (χ3v) is 3.64. The maximum atomic E-state index is 7.77. The van der Waals surface area contributed by atoms with Crippen molar-refractivity contribution in [3.8, 4) is 0 Å². The molecule has 5 nitrogen and oxygen atoms in total. The molecule has 0 atom stereocenters. The minimum Gasteiger partial charge on any atom is -0.356 e. The van der Waals surface area contributed by atoms with Crippen LogP contribution in [0.2, 0.25) is 0 Å². The molecular weight excluding hydrogens is 357 g/mol. The van der Waals surface area contributed by atoms with E-state index in [2.05, 4.69) is 35.0 Å². The van der Waals surface area contributed by atoms with Gasteiger partial charge in [-0.1, -0.05) is 69.4 Å². The summed E-state index contributed by atoms with van der Waals surface area (Å²) in [4.78, 5) is 0. The van der Waals surface area contributed by atoms with Gasteiger partial charge in [0, 0.05) is 13.1 Å². The topological polar surface area (TPSA) is 83.8 Å². The van der Waals surface area contributed by atoms with E-state index in [-0.39, 0.29) is 36.7 Å². The maximum absolute atomic E-state index is 7.77. The molecule has 7 heteroatoms. The second-order valence-electron chi connectivity index (χ2n) is 5.73. The molecule has 1 aromatic carbocycles. The number of unbranched alkanes of at least 4 members (excludes halogenated alkanes) is 5. The van der Waals surface area contributed by atoms with Gasteiger partial charge in [0.15, 0.2) is 11.9 Å². The van der Waals surface area contributed by atoms with Crippen LogP contribution in [0, 0.1) is 10.8 Å². The second kappa shape index (κ2) is 17.4. The average molecular weight is 390 g/mol. The van der Waals surface area contributed by atoms with Crippen molar-refractivity contribution >= 4 is 36.7 Å². The zero-order valence-electron chi connectivity index (χ0n) is 15.1. The van der Waals surface area contributed by atoms with Crippen molar-refractivity contribution in [1.82, 2.24) is 16.0 Å². The molecule has 144 valence electrons. The molecule has 0 aliphatic carbocycles. The number of guanidine groups is 2. The van der Waals surface area contributed by atoms with E-state index >= 15 is 0 Å². The molecule has 0 aromatic heterocycles. The zero-order valence-corrected chi connectivity index (χ0v) is 16.7. The summed E-state index contributed by atoms with van der Waals surface area (Å²) >= 11 is 0. The Morgan fingerprint density at radius 3 is 2.00 bits per heavy atom. The van der Waals surface area contributed by atoms with Gasteiger partial charge in [0.1, 0.15) is 0 Å². The Kier molecular flexibility index (Phi) is 17.9. The number of hydrogen-bond acceptors (Lipinski definition) is 2. The van der Waals surface area contributed by atoms with E-state index in [1.165, 1.54) is 37.7 Å². The summed E-state index contributed by atoms with van der Waals surface area (Å²) in [6, 6.07) is 10.2. The Bertz CT molecular complexity index is 454. The van der Waals surface area contributed by atoms with Crippen LogP contribution in [-0.2, 0) is 6.42 Å². The predicted octanol–water partition coefficient (Wildman–Crippen LogP) is 4.07. The smallest absolute Gasteiger partial charge is 0.195 e. The van der Waals surface area contributed by atoms with Crippen molar-refractivity contribution in [1.29, 1.82) is 10.8 Å². The first-order chi connectivity index (χ1) is 11.2. The Hall–Kier alpha value is -1.46. The van der Waals surface area contributed by atoms with Gasteiger partial charge in [-0.15, -0.1) is 24.8 Å². The number of hydrogen-bond donors (Lipinski definition) is 5. The molecule has 0 unspecified atom stereocenters. The molecule has 0 radical (unpaired) electrons. The molecule has 0 bridgehead atoms. The Morgan fingerprint density at radius 1 is 0.800 bits per heavy atom. The normalized spacial score (nSPS) is 9.32. The molecule has 0 aliphatic rings. The quantitative estimate of drug-likeness (QED) is 0.237. The van der Waals surface area contributed by atoms with Gasteiger partial charge in [0.05, 0.1) is 0 Å². The third kappa shape index (κ3) is 14.6. The lowest BCUT2D eigenvalue weighted by Crippen LogP contribution is -2.46. The van der Waals surface area contributed by atoms with Crippen LogP contribution in [0.15, 0.2) is 30.3 Å². The molecule has 1 aromatic rings. The fourth-order valence-electron chi connectivity index (χ4n) is 2.31. The van der Waals surface area contributed by atoms with Gasteiger partial charge in [0.25, 0.3) is 0 Å². The van der Waals surface area contributed by atoms with Gasteiger partial charge in [-0.2, -0.15) is 0 Å². The molecule has 0 spiro atoms. The molecule has 0 amide bonds. The van der Waals surface area contributed by atoms with E-state index in [0.29, 0.717) is 6.54 Å². The van der Waals surface area contributed by atoms with E-state index in [4.69, 9.17) is 10.8 Å². The van der Waals surface area contributed by atoms with Crippen LogP contribution in [0.1, 0.15) is 51.0 Å². The Morgan fingerprint density at radius 2 is 1.36 bits per heavy atom. The largest absolute Gasteiger partial charge is 0.356 e. The van der Waals surface area contributed by atoms with Crippen LogP contribution in [0.25, 0.3) is 0 Å². The first-order valence-corrected chi connectivity index (χ1v) is 8.68. The first-order valence-electron chi connectivity index (χ1n) is 8.68. The molecule has 5 N–H and O–H groups in total. The summed E-state index contributed by atoms with van der Waals surface area (Å²) < 4.78 is 0. The van der Waals surface area contributed by atoms with Crippen LogP contribution < -0.4 is 16.0 Å². The van der Waals surface area contributed by atoms with Crippen molar-refractivity contribution in [3.05, 3.63) is 35.9 Å². The molecular formula is C18H33Cl2N5. The monoisotopic (exact) mass is 389 g/mol. The lowest BCUT2D eigenvalue weighted by atomic mass is 10.1. The van der Waals surface area contributed by atoms with Crippen molar-refractivity contribution in [2.75, 3.05) is 13.1 Å². The van der Waals surface area contributed by atoms with Crippen LogP contribution >= 0.6 is 24.8 Å². The molecule has 25 heavy (non-hydrogen) atoms. The fraction of sp³-hybridized carbons (Fsp3) is 0.556. The third-order valence-electron chi connectivity index (χ3n) is 3.64. The summed E-state index contributed by atoms with van der Waals surface area (Å²) in [7, 11) is 0. The number of nitrogens with one attached hydrogen (secondary N) is 5. The highest BCUT2D eigenvalue weighted by Gasteiger charge is 2.00. The Labute approximate surface area is 164 Å². The minimum atomic E-state index is 0. The van der Waals surface area contributed by atoms with Crippen molar-refractivity contribution in [2.24, 2.45) is 0 Å². The summed E-state index contributed by atoms with van der Waals surface area (Å²) in [6.07, 6.45) is 8.30. The SMILES string of the molecule is CCCCCCCCNC(=N)NC(=N)NCCc1ccccc1.Cl.Cl. The van der Waals surface area contributed by atoms with E-state index < -0.39 is 0 Å². The molecule has 0 aliphatic heterocycles. The van der Waals surface area contributed by atoms with Crippen LogP contribution in [0.3, 0.4) is 0 Å². The summed E-state index contributed by atoms with van der Waals surface area (Å²) in [5, 5.41) is 24.2. The van der Waals surface area contributed by atoms with Crippen molar-refractivity contribution in [2.45, 2.75) is 51.9 Å². The van der Waals surface area contributed by atoms with Crippen LogP contribution in [0.5, 0.6) is 0 Å². The second-order valence-corrected chi connectivity index (χ2v) is 5.73. The molecule has 0 fully saturated rings. The van der Waals surface area contributed by atoms with Crippen LogP contribution in [0.4, 0.5) is 0 Å². The molecule has 0 saturated heterocycles. The van der Waals surface area contributed by atoms with Gasteiger partial charge in [-0.3, -0.25) is 16.1 Å². The standard InChI is InChI=1S/C18H31N5.2ClH/c1-2-3-4-5-6-10-14-21-17(19)23-18(20)22-15-13-16-11-8-7-9-12-16;;/h7-9,11-12H,2-6,10,13-15H2,1H3,(H5,19,20,21,22,23);2*1H. The average Bonchev–Trinajstić information content (AvgIpc) is 2.55. The molecule has 0 saturated carbocycles. The zero-order chi connectivity index (χ0) is 16.8. The number of benzene rings is 1. The summed E-state index contributed by atoms with van der Waals surface area (Å²) in [6.45, 7) is 3.69. The van der Waals surface area contributed by atoms with Crippen molar-refractivity contribution < 1.29 is 0 Å². The highest BCUT2D eigenvalue weighted by atomic mass is 35.5. The van der Waals surface area contributed by atoms with E-state index in [0.717, 1.165) is 19.4 Å².